The monoisotopic (exact) mass is 286 g/mol. The lowest BCUT2D eigenvalue weighted by molar-refractivity contribution is -0.138. The Kier molecular flexibility index (Phi) is 5.78. The largest absolute Gasteiger partial charge is 0.468 e. The molecule has 0 aliphatic rings. The van der Waals surface area contributed by atoms with Crippen molar-refractivity contribution in [2.45, 2.75) is 18.2 Å². The Morgan fingerprint density at radius 2 is 2.00 bits per heavy atom. The number of benzene rings is 1. The van der Waals surface area contributed by atoms with Crippen LogP contribution in [-0.4, -0.2) is 34.6 Å². The van der Waals surface area contributed by atoms with Crippen LogP contribution < -0.4 is 10.0 Å². The van der Waals surface area contributed by atoms with Crippen LogP contribution in [0.5, 0.6) is 0 Å². The molecule has 0 heterocycles. The second-order valence-corrected chi connectivity index (χ2v) is 5.56. The highest BCUT2D eigenvalue weighted by molar-refractivity contribution is 7.89. The zero-order chi connectivity index (χ0) is 14.3. The van der Waals surface area contributed by atoms with Crippen molar-refractivity contribution in [2.24, 2.45) is 0 Å². The molecule has 0 aliphatic carbocycles. The predicted molar refractivity (Wildman–Crippen MR) is 72.4 cm³/mol. The van der Waals surface area contributed by atoms with Gasteiger partial charge in [0.15, 0.2) is 0 Å². The Labute approximate surface area is 113 Å². The van der Waals surface area contributed by atoms with E-state index in [1.807, 2.05) is 6.92 Å². The fourth-order valence-electron chi connectivity index (χ4n) is 1.40. The lowest BCUT2D eigenvalue weighted by Crippen LogP contribution is -2.26. The summed E-state index contributed by atoms with van der Waals surface area (Å²) in [5.74, 6) is -0.464. The Balaban J connectivity index is 2.92. The number of nitrogens with one attached hydrogen (secondary N) is 2. The number of hydrogen-bond acceptors (Lipinski definition) is 5. The van der Waals surface area contributed by atoms with Gasteiger partial charge in [0.2, 0.25) is 10.0 Å². The van der Waals surface area contributed by atoms with Gasteiger partial charge in [-0.05, 0) is 18.6 Å². The van der Waals surface area contributed by atoms with Crippen LogP contribution >= 0.6 is 0 Å². The molecule has 106 valence electrons. The third kappa shape index (κ3) is 4.53. The summed E-state index contributed by atoms with van der Waals surface area (Å²) in [5.41, 5.74) is 0.372. The molecule has 1 rings (SSSR count). The van der Waals surface area contributed by atoms with Gasteiger partial charge in [-0.3, -0.25) is 4.79 Å². The van der Waals surface area contributed by atoms with Gasteiger partial charge < -0.3 is 10.1 Å². The molecule has 0 atom stereocenters. The minimum atomic E-state index is -3.57. The highest BCUT2D eigenvalue weighted by Crippen LogP contribution is 2.20. The topological polar surface area (TPSA) is 84.5 Å². The van der Waals surface area contributed by atoms with Gasteiger partial charge >= 0.3 is 5.97 Å². The van der Waals surface area contributed by atoms with E-state index in [4.69, 9.17) is 0 Å². The minimum Gasteiger partial charge on any atom is -0.468 e. The van der Waals surface area contributed by atoms with E-state index in [1.165, 1.54) is 13.2 Å². The molecule has 19 heavy (non-hydrogen) atoms. The molecule has 2 N–H and O–H groups in total. The molecule has 1 aromatic carbocycles. The average molecular weight is 286 g/mol. The van der Waals surface area contributed by atoms with Gasteiger partial charge in [-0.2, -0.15) is 0 Å². The summed E-state index contributed by atoms with van der Waals surface area (Å²) in [6.45, 7) is 2.16. The van der Waals surface area contributed by atoms with Gasteiger partial charge in [-0.15, -0.1) is 0 Å². The number of sulfonamides is 1. The van der Waals surface area contributed by atoms with E-state index < -0.39 is 16.0 Å². The number of rotatable bonds is 7. The average Bonchev–Trinajstić information content (AvgIpc) is 2.42. The van der Waals surface area contributed by atoms with Crippen LogP contribution in [0, 0.1) is 0 Å². The lowest BCUT2D eigenvalue weighted by Gasteiger charge is -2.12. The van der Waals surface area contributed by atoms with E-state index >= 15 is 0 Å². The molecular formula is C12H18N2O4S. The first-order valence-electron chi connectivity index (χ1n) is 5.90. The molecule has 0 amide bonds. The van der Waals surface area contributed by atoms with Crippen LogP contribution in [0.1, 0.15) is 13.3 Å². The Hall–Kier alpha value is -1.60. The molecular weight excluding hydrogens is 268 g/mol. The maximum Gasteiger partial charge on any atom is 0.325 e. The van der Waals surface area contributed by atoms with Crippen molar-refractivity contribution in [3.8, 4) is 0 Å². The van der Waals surface area contributed by atoms with Crippen molar-refractivity contribution in [3.05, 3.63) is 24.3 Å². The third-order valence-corrected chi connectivity index (χ3v) is 3.89. The molecule has 0 radical (unpaired) electrons. The normalized spacial score (nSPS) is 11.1. The first-order chi connectivity index (χ1) is 9.01. The number of carbonyl (C=O) groups is 1. The number of hydrogen-bond donors (Lipinski definition) is 2. The van der Waals surface area contributed by atoms with Crippen LogP contribution in [-0.2, 0) is 19.6 Å². The van der Waals surface area contributed by atoms with E-state index in [1.54, 1.807) is 18.2 Å². The van der Waals surface area contributed by atoms with Crippen molar-refractivity contribution in [1.82, 2.24) is 4.72 Å². The van der Waals surface area contributed by atoms with Gasteiger partial charge in [-0.1, -0.05) is 19.1 Å². The van der Waals surface area contributed by atoms with Crippen LogP contribution in [0.3, 0.4) is 0 Å². The maximum atomic E-state index is 12.1. The fraction of sp³-hybridized carbons (Fsp3) is 0.417. The third-order valence-electron chi connectivity index (χ3n) is 2.37. The van der Waals surface area contributed by atoms with Crippen molar-refractivity contribution < 1.29 is 17.9 Å². The van der Waals surface area contributed by atoms with Gasteiger partial charge in [0.05, 0.1) is 12.8 Å². The Bertz CT molecular complexity index is 528. The summed E-state index contributed by atoms with van der Waals surface area (Å²) in [6, 6.07) is 6.41. The van der Waals surface area contributed by atoms with E-state index in [9.17, 15) is 13.2 Å². The van der Waals surface area contributed by atoms with Crippen molar-refractivity contribution in [3.63, 3.8) is 0 Å². The van der Waals surface area contributed by atoms with Crippen LogP contribution in [0.15, 0.2) is 29.2 Å². The van der Waals surface area contributed by atoms with E-state index in [0.717, 1.165) is 0 Å². The van der Waals surface area contributed by atoms with E-state index in [-0.39, 0.29) is 11.4 Å². The number of esters is 1. The number of carbonyl (C=O) groups excluding carboxylic acids is 1. The van der Waals surface area contributed by atoms with Gasteiger partial charge in [0, 0.05) is 6.54 Å². The molecule has 0 saturated carbocycles. The number of anilines is 1. The standard InChI is InChI=1S/C12H18N2O4S/c1-3-8-14-19(16,17)11-7-5-4-6-10(11)13-9-12(15)18-2/h4-7,13-14H,3,8-9H2,1-2H3. The highest BCUT2D eigenvalue weighted by Gasteiger charge is 2.17. The molecule has 7 heteroatoms. The zero-order valence-electron chi connectivity index (χ0n) is 11.0. The van der Waals surface area contributed by atoms with Crippen LogP contribution in [0.4, 0.5) is 5.69 Å². The molecule has 0 saturated heterocycles. The minimum absolute atomic E-state index is 0.0865. The molecule has 0 bridgehead atoms. The Morgan fingerprint density at radius 1 is 1.32 bits per heavy atom. The van der Waals surface area contributed by atoms with Crippen LogP contribution in [0.25, 0.3) is 0 Å². The van der Waals surface area contributed by atoms with Gasteiger partial charge in [-0.25, -0.2) is 13.1 Å². The number of para-hydroxylation sites is 1. The second kappa shape index (κ2) is 7.10. The fourth-order valence-corrected chi connectivity index (χ4v) is 2.72. The zero-order valence-corrected chi connectivity index (χ0v) is 11.8. The number of methoxy groups -OCH3 is 1. The van der Waals surface area contributed by atoms with E-state index in [2.05, 4.69) is 14.8 Å². The Morgan fingerprint density at radius 3 is 2.63 bits per heavy atom. The van der Waals surface area contributed by atoms with Gasteiger partial charge in [0.25, 0.3) is 0 Å². The second-order valence-electron chi connectivity index (χ2n) is 3.82. The molecule has 0 aliphatic heterocycles. The van der Waals surface area contributed by atoms with Crippen LogP contribution in [0.2, 0.25) is 0 Å². The molecule has 6 nitrogen and oxygen atoms in total. The summed E-state index contributed by atoms with van der Waals surface area (Å²) in [5, 5.41) is 2.75. The molecule has 0 unspecified atom stereocenters. The first kappa shape index (κ1) is 15.5. The van der Waals surface area contributed by atoms with Crippen molar-refractivity contribution >= 4 is 21.7 Å². The molecule has 1 aromatic rings. The first-order valence-corrected chi connectivity index (χ1v) is 7.39. The van der Waals surface area contributed by atoms with Gasteiger partial charge in [0.1, 0.15) is 11.4 Å². The summed E-state index contributed by atoms with van der Waals surface area (Å²) in [7, 11) is -2.30. The maximum absolute atomic E-state index is 12.1. The van der Waals surface area contributed by atoms with Crippen molar-refractivity contribution in [2.75, 3.05) is 25.5 Å². The lowest BCUT2D eigenvalue weighted by atomic mass is 10.3. The molecule has 0 aromatic heterocycles. The smallest absolute Gasteiger partial charge is 0.325 e. The number of ether oxygens (including phenoxy) is 1. The quantitative estimate of drug-likeness (QED) is 0.729. The summed E-state index contributed by atoms with van der Waals surface area (Å²) < 4.78 is 31.1. The van der Waals surface area contributed by atoms with E-state index in [0.29, 0.717) is 18.7 Å². The predicted octanol–water partition coefficient (Wildman–Crippen LogP) is 0.960. The molecule has 0 fully saturated rings. The highest BCUT2D eigenvalue weighted by atomic mass is 32.2. The molecule has 0 spiro atoms. The summed E-state index contributed by atoms with van der Waals surface area (Å²) in [6.07, 6.45) is 0.705. The summed E-state index contributed by atoms with van der Waals surface area (Å²) in [4.78, 5) is 11.2. The SMILES string of the molecule is CCCNS(=O)(=O)c1ccccc1NCC(=O)OC. The van der Waals surface area contributed by atoms with Crippen molar-refractivity contribution in [1.29, 1.82) is 0 Å². The summed E-state index contributed by atoms with van der Waals surface area (Å²) >= 11 is 0.